The molecule has 0 bridgehead atoms. The van der Waals surface area contributed by atoms with Crippen molar-refractivity contribution in [3.05, 3.63) is 42.4 Å². The molecule has 2 fully saturated rings. The van der Waals surface area contributed by atoms with Crippen molar-refractivity contribution >= 4 is 17.8 Å². The van der Waals surface area contributed by atoms with Crippen LogP contribution in [0.2, 0.25) is 0 Å². The number of hydrogen-bond donors (Lipinski definition) is 3. The molecule has 1 aromatic heterocycles. The summed E-state index contributed by atoms with van der Waals surface area (Å²) < 4.78 is 0. The van der Waals surface area contributed by atoms with E-state index < -0.39 is 11.6 Å². The number of urea groups is 1. The molecule has 8 nitrogen and oxygen atoms in total. The molecule has 1 unspecified atom stereocenters. The van der Waals surface area contributed by atoms with Crippen LogP contribution in [0.4, 0.5) is 4.79 Å². The second-order valence-electron chi connectivity index (χ2n) is 8.66. The molecule has 2 heterocycles. The molecule has 3 N–H and O–H groups in total. The van der Waals surface area contributed by atoms with Crippen LogP contribution >= 0.6 is 0 Å². The minimum absolute atomic E-state index is 0.281. The Kier molecular flexibility index (Phi) is 5.80. The standard InChI is InChI=1S/C23H29N5O3/c1-3-17(20-24-13-18(26-20)16-7-5-4-6-8-16)25-19(29)14-28-21(30)23(27-22(28)31)11-9-15(2)10-12-23/h4-8,13,15,17H,3,9-12,14H2,1-2H3,(H,24,26)(H,25,29)(H,27,31). The van der Waals surface area contributed by atoms with Crippen molar-refractivity contribution in [2.45, 2.75) is 57.5 Å². The number of imidazole rings is 1. The number of imide groups is 1. The lowest BCUT2D eigenvalue weighted by atomic mass is 9.77. The van der Waals surface area contributed by atoms with Crippen molar-refractivity contribution in [3.8, 4) is 11.3 Å². The SMILES string of the molecule is CCC(NC(=O)CN1C(=O)NC2(CCC(C)CC2)C1=O)c1ncc(-c2ccccc2)[nH]1. The van der Waals surface area contributed by atoms with Gasteiger partial charge in [-0.1, -0.05) is 44.2 Å². The first kappa shape index (κ1) is 21.1. The molecule has 4 amide bonds. The highest BCUT2D eigenvalue weighted by Gasteiger charge is 2.52. The number of nitrogens with one attached hydrogen (secondary N) is 3. The van der Waals surface area contributed by atoms with Crippen molar-refractivity contribution in [1.82, 2.24) is 25.5 Å². The van der Waals surface area contributed by atoms with Crippen molar-refractivity contribution in [1.29, 1.82) is 0 Å². The number of nitrogens with zero attached hydrogens (tertiary/aromatic N) is 2. The number of amides is 4. The second-order valence-corrected chi connectivity index (χ2v) is 8.66. The predicted octanol–water partition coefficient (Wildman–Crippen LogP) is 3.14. The smallest absolute Gasteiger partial charge is 0.325 e. The number of H-pyrrole nitrogens is 1. The molecule has 4 rings (SSSR count). The topological polar surface area (TPSA) is 107 Å². The zero-order chi connectivity index (χ0) is 22.0. The summed E-state index contributed by atoms with van der Waals surface area (Å²) in [5.41, 5.74) is 1.04. The number of aromatic amines is 1. The van der Waals surface area contributed by atoms with E-state index >= 15 is 0 Å². The minimum Gasteiger partial charge on any atom is -0.345 e. The van der Waals surface area contributed by atoms with Gasteiger partial charge in [0.25, 0.3) is 5.91 Å². The Balaban J connectivity index is 1.40. The average Bonchev–Trinajstić information content (AvgIpc) is 3.35. The number of benzene rings is 1. The Labute approximate surface area is 181 Å². The van der Waals surface area contributed by atoms with Crippen LogP contribution in [0.25, 0.3) is 11.3 Å². The van der Waals surface area contributed by atoms with Gasteiger partial charge in [0.1, 0.15) is 17.9 Å². The summed E-state index contributed by atoms with van der Waals surface area (Å²) in [5, 5.41) is 5.76. The van der Waals surface area contributed by atoms with Gasteiger partial charge in [-0.2, -0.15) is 0 Å². The van der Waals surface area contributed by atoms with Gasteiger partial charge in [-0.05, 0) is 43.6 Å². The Bertz CT molecular complexity index is 963. The molecule has 1 saturated carbocycles. The summed E-state index contributed by atoms with van der Waals surface area (Å²) in [6.45, 7) is 3.81. The molecule has 1 aliphatic heterocycles. The molecule has 1 atom stereocenters. The molecule has 1 saturated heterocycles. The molecule has 1 aromatic carbocycles. The predicted molar refractivity (Wildman–Crippen MR) is 116 cm³/mol. The van der Waals surface area contributed by atoms with Gasteiger partial charge in [-0.15, -0.1) is 0 Å². The van der Waals surface area contributed by atoms with E-state index in [1.165, 1.54) is 0 Å². The second kappa shape index (κ2) is 8.53. The van der Waals surface area contributed by atoms with E-state index in [1.807, 2.05) is 37.3 Å². The molecule has 2 aromatic rings. The molecule has 8 heteroatoms. The first-order chi connectivity index (χ1) is 14.9. The van der Waals surface area contributed by atoms with E-state index in [-0.39, 0.29) is 24.4 Å². The molecule has 164 valence electrons. The Morgan fingerprint density at radius 3 is 2.65 bits per heavy atom. The van der Waals surface area contributed by atoms with Crippen LogP contribution in [0.5, 0.6) is 0 Å². The van der Waals surface area contributed by atoms with Crippen LogP contribution in [0, 0.1) is 5.92 Å². The maximum absolute atomic E-state index is 13.0. The van der Waals surface area contributed by atoms with E-state index in [2.05, 4.69) is 27.5 Å². The summed E-state index contributed by atoms with van der Waals surface area (Å²) in [4.78, 5) is 46.9. The highest BCUT2D eigenvalue weighted by atomic mass is 16.2. The fourth-order valence-corrected chi connectivity index (χ4v) is 4.44. The number of carbonyl (C=O) groups excluding carboxylic acids is 3. The lowest BCUT2D eigenvalue weighted by Crippen LogP contribution is -2.50. The number of aromatic nitrogens is 2. The van der Waals surface area contributed by atoms with Gasteiger partial charge in [0.15, 0.2) is 0 Å². The minimum atomic E-state index is -0.834. The third kappa shape index (κ3) is 4.19. The monoisotopic (exact) mass is 423 g/mol. The van der Waals surface area contributed by atoms with E-state index in [4.69, 9.17) is 0 Å². The molecule has 31 heavy (non-hydrogen) atoms. The van der Waals surface area contributed by atoms with Crippen molar-refractivity contribution in [2.24, 2.45) is 5.92 Å². The van der Waals surface area contributed by atoms with E-state index in [1.54, 1.807) is 6.20 Å². The summed E-state index contributed by atoms with van der Waals surface area (Å²) in [6, 6.07) is 9.00. The summed E-state index contributed by atoms with van der Waals surface area (Å²) in [5.74, 6) is 0.530. The Morgan fingerprint density at radius 1 is 1.26 bits per heavy atom. The largest absolute Gasteiger partial charge is 0.345 e. The van der Waals surface area contributed by atoms with Crippen molar-refractivity contribution in [2.75, 3.05) is 6.54 Å². The van der Waals surface area contributed by atoms with E-state index in [0.717, 1.165) is 29.0 Å². The van der Waals surface area contributed by atoms with Crippen LogP contribution in [-0.4, -0.2) is 44.8 Å². The van der Waals surface area contributed by atoms with Gasteiger partial charge in [-0.3, -0.25) is 14.5 Å². The quantitative estimate of drug-likeness (QED) is 0.621. The molecule has 0 radical (unpaired) electrons. The Hall–Kier alpha value is -3.16. The number of rotatable bonds is 6. The van der Waals surface area contributed by atoms with Crippen LogP contribution in [0.1, 0.15) is 57.8 Å². The van der Waals surface area contributed by atoms with E-state index in [0.29, 0.717) is 31.0 Å². The molecular weight excluding hydrogens is 394 g/mol. The first-order valence-electron chi connectivity index (χ1n) is 11.0. The molecule has 1 spiro atoms. The normalized spacial score (nSPS) is 24.3. The van der Waals surface area contributed by atoms with Gasteiger partial charge in [0.2, 0.25) is 5.91 Å². The van der Waals surface area contributed by atoms with Gasteiger partial charge in [0.05, 0.1) is 17.9 Å². The fourth-order valence-electron chi connectivity index (χ4n) is 4.44. The zero-order valence-corrected chi connectivity index (χ0v) is 18.0. The highest BCUT2D eigenvalue weighted by Crippen LogP contribution is 2.36. The maximum atomic E-state index is 13.0. The van der Waals surface area contributed by atoms with Crippen molar-refractivity contribution in [3.63, 3.8) is 0 Å². The average molecular weight is 424 g/mol. The van der Waals surface area contributed by atoms with Crippen LogP contribution in [0.3, 0.4) is 0 Å². The number of carbonyl (C=O) groups is 3. The zero-order valence-electron chi connectivity index (χ0n) is 18.0. The first-order valence-corrected chi connectivity index (χ1v) is 11.0. The van der Waals surface area contributed by atoms with Gasteiger partial charge in [-0.25, -0.2) is 9.78 Å². The van der Waals surface area contributed by atoms with Crippen LogP contribution < -0.4 is 10.6 Å². The van der Waals surface area contributed by atoms with E-state index in [9.17, 15) is 14.4 Å². The molecule has 1 aliphatic carbocycles. The third-order valence-electron chi connectivity index (χ3n) is 6.43. The van der Waals surface area contributed by atoms with Gasteiger partial charge < -0.3 is 15.6 Å². The maximum Gasteiger partial charge on any atom is 0.325 e. The third-order valence-corrected chi connectivity index (χ3v) is 6.43. The summed E-state index contributed by atoms with van der Waals surface area (Å²) >= 11 is 0. The molecular formula is C23H29N5O3. The Morgan fingerprint density at radius 2 is 1.97 bits per heavy atom. The van der Waals surface area contributed by atoms with Crippen molar-refractivity contribution < 1.29 is 14.4 Å². The van der Waals surface area contributed by atoms with Gasteiger partial charge >= 0.3 is 6.03 Å². The highest BCUT2D eigenvalue weighted by molar-refractivity contribution is 6.09. The van der Waals surface area contributed by atoms with Gasteiger partial charge in [0, 0.05) is 0 Å². The summed E-state index contributed by atoms with van der Waals surface area (Å²) in [6.07, 6.45) is 5.41. The van der Waals surface area contributed by atoms with Crippen LogP contribution in [-0.2, 0) is 9.59 Å². The summed E-state index contributed by atoms with van der Waals surface area (Å²) in [7, 11) is 0. The molecule has 2 aliphatic rings. The lowest BCUT2D eigenvalue weighted by molar-refractivity contribution is -0.136. The lowest BCUT2D eigenvalue weighted by Gasteiger charge is -2.33. The fraction of sp³-hybridized carbons (Fsp3) is 0.478. The number of hydrogen-bond acceptors (Lipinski definition) is 4. The van der Waals surface area contributed by atoms with Crippen LogP contribution in [0.15, 0.2) is 36.5 Å².